The molecule has 18 heavy (non-hydrogen) atoms. The van der Waals surface area contributed by atoms with Crippen LogP contribution in [-0.4, -0.2) is 22.4 Å². The fourth-order valence-electron chi connectivity index (χ4n) is 2.96. The topological polar surface area (TPSA) is 40.5 Å². The van der Waals surface area contributed by atoms with E-state index in [0.717, 1.165) is 19.3 Å². The Labute approximate surface area is 114 Å². The zero-order valence-electron chi connectivity index (χ0n) is 13.7. The first kappa shape index (κ1) is 17.9. The van der Waals surface area contributed by atoms with Gasteiger partial charge in [0.2, 0.25) is 0 Å². The first-order chi connectivity index (χ1) is 7.87. The largest absolute Gasteiger partial charge is 0.392 e. The quantitative estimate of drug-likeness (QED) is 0.782. The second-order valence-corrected chi connectivity index (χ2v) is 8.15. The third-order valence-electron chi connectivity index (χ3n) is 3.96. The molecule has 2 unspecified atom stereocenters. The summed E-state index contributed by atoms with van der Waals surface area (Å²) < 4.78 is 0. The summed E-state index contributed by atoms with van der Waals surface area (Å²) in [6.45, 7) is 16.4. The molecule has 0 spiro atoms. The van der Waals surface area contributed by atoms with E-state index < -0.39 is 17.6 Å². The molecule has 0 fully saturated rings. The highest BCUT2D eigenvalue weighted by molar-refractivity contribution is 4.98. The van der Waals surface area contributed by atoms with E-state index >= 15 is 0 Å². The highest BCUT2D eigenvalue weighted by Gasteiger charge is 2.48. The van der Waals surface area contributed by atoms with Crippen molar-refractivity contribution in [3.05, 3.63) is 0 Å². The first-order valence-corrected chi connectivity index (χ1v) is 7.23. The van der Waals surface area contributed by atoms with Crippen LogP contribution < -0.4 is 0 Å². The highest BCUT2D eigenvalue weighted by atomic mass is 16.3. The van der Waals surface area contributed by atoms with Crippen molar-refractivity contribution in [2.45, 2.75) is 86.9 Å². The molecule has 0 saturated carbocycles. The predicted molar refractivity (Wildman–Crippen MR) is 78.6 cm³/mol. The lowest BCUT2D eigenvalue weighted by molar-refractivity contribution is -0.142. The number of unbranched alkanes of at least 4 members (excludes halogenated alkanes) is 1. The lowest BCUT2D eigenvalue weighted by atomic mass is 9.61. The summed E-state index contributed by atoms with van der Waals surface area (Å²) >= 11 is 0. The van der Waals surface area contributed by atoms with Crippen LogP contribution >= 0.6 is 0 Å². The summed E-state index contributed by atoms with van der Waals surface area (Å²) in [6, 6.07) is 0. The molecule has 0 heterocycles. The molecular weight excluding hydrogens is 224 g/mol. The lowest BCUT2D eigenvalue weighted by Crippen LogP contribution is -2.53. The summed E-state index contributed by atoms with van der Waals surface area (Å²) in [5.41, 5.74) is -0.879. The number of hydrogen-bond acceptors (Lipinski definition) is 2. The van der Waals surface area contributed by atoms with Gasteiger partial charge in [-0.15, -0.1) is 0 Å². The molecule has 0 bridgehead atoms. The normalized spacial score (nSPS) is 20.3. The van der Waals surface area contributed by atoms with Crippen molar-refractivity contribution in [3.63, 3.8) is 0 Å². The minimum Gasteiger partial charge on any atom is -0.392 e. The molecule has 0 amide bonds. The van der Waals surface area contributed by atoms with Gasteiger partial charge in [0.05, 0.1) is 12.2 Å². The molecule has 0 aromatic carbocycles. The molecule has 2 N–H and O–H groups in total. The van der Waals surface area contributed by atoms with Crippen LogP contribution in [-0.2, 0) is 0 Å². The Hall–Kier alpha value is -0.0800. The zero-order chi connectivity index (χ0) is 14.8. The maximum Gasteiger partial charge on any atom is 0.0666 e. The third kappa shape index (κ3) is 4.24. The second-order valence-electron chi connectivity index (χ2n) is 8.15. The average Bonchev–Trinajstić information content (AvgIpc) is 2.21. The maximum absolute atomic E-state index is 10.7. The molecule has 0 aliphatic carbocycles. The van der Waals surface area contributed by atoms with E-state index in [1.165, 1.54) is 0 Å². The van der Waals surface area contributed by atoms with Crippen molar-refractivity contribution >= 4 is 0 Å². The molecule has 2 atom stereocenters. The average molecular weight is 258 g/mol. The molecule has 0 aromatic rings. The molecule has 0 aliphatic rings. The summed E-state index contributed by atoms with van der Waals surface area (Å²) in [5, 5.41) is 21.4. The number of hydrogen-bond donors (Lipinski definition) is 2. The molecule has 0 radical (unpaired) electrons. The summed E-state index contributed by atoms with van der Waals surface area (Å²) in [6.07, 6.45) is 1.97. The molecule has 110 valence electrons. The van der Waals surface area contributed by atoms with E-state index in [9.17, 15) is 10.2 Å². The Morgan fingerprint density at radius 1 is 0.778 bits per heavy atom. The van der Waals surface area contributed by atoms with Crippen LogP contribution in [0.4, 0.5) is 0 Å². The highest BCUT2D eigenvalue weighted by Crippen LogP contribution is 2.45. The standard InChI is InChI=1S/C16H34O2/c1-9-10-11-16(8,12(17)14(2,3)4)13(18)15(5,6)7/h12-13,17-18H,9-11H2,1-8H3. The first-order valence-electron chi connectivity index (χ1n) is 7.23. The van der Waals surface area contributed by atoms with Crippen molar-refractivity contribution in [1.29, 1.82) is 0 Å². The number of aliphatic hydroxyl groups is 2. The van der Waals surface area contributed by atoms with Gasteiger partial charge in [-0.1, -0.05) is 68.2 Å². The second kappa shape index (κ2) is 5.92. The Morgan fingerprint density at radius 2 is 1.11 bits per heavy atom. The van der Waals surface area contributed by atoms with Gasteiger partial charge in [-0.05, 0) is 17.3 Å². The van der Waals surface area contributed by atoms with Crippen LogP contribution in [0.15, 0.2) is 0 Å². The van der Waals surface area contributed by atoms with E-state index in [-0.39, 0.29) is 10.8 Å². The van der Waals surface area contributed by atoms with Crippen LogP contribution in [0.5, 0.6) is 0 Å². The fourth-order valence-corrected chi connectivity index (χ4v) is 2.96. The van der Waals surface area contributed by atoms with Crippen LogP contribution in [0.2, 0.25) is 0 Å². The van der Waals surface area contributed by atoms with Gasteiger partial charge in [0, 0.05) is 5.41 Å². The van der Waals surface area contributed by atoms with E-state index in [0.29, 0.717) is 0 Å². The zero-order valence-corrected chi connectivity index (χ0v) is 13.7. The van der Waals surface area contributed by atoms with Gasteiger partial charge in [-0.2, -0.15) is 0 Å². The minimum atomic E-state index is -0.509. The maximum atomic E-state index is 10.7. The molecule has 0 rings (SSSR count). The van der Waals surface area contributed by atoms with Gasteiger partial charge in [0.25, 0.3) is 0 Å². The van der Waals surface area contributed by atoms with Gasteiger partial charge in [-0.3, -0.25) is 0 Å². The van der Waals surface area contributed by atoms with Gasteiger partial charge in [-0.25, -0.2) is 0 Å². The van der Waals surface area contributed by atoms with Crippen LogP contribution in [0, 0.1) is 16.2 Å². The molecule has 0 aromatic heterocycles. The van der Waals surface area contributed by atoms with Crippen molar-refractivity contribution in [2.24, 2.45) is 16.2 Å². The smallest absolute Gasteiger partial charge is 0.0666 e. The molecule has 0 saturated heterocycles. The molecule has 0 aliphatic heterocycles. The van der Waals surface area contributed by atoms with E-state index in [4.69, 9.17) is 0 Å². The monoisotopic (exact) mass is 258 g/mol. The number of aliphatic hydroxyl groups excluding tert-OH is 2. The van der Waals surface area contributed by atoms with Gasteiger partial charge in [0.15, 0.2) is 0 Å². The molecular formula is C16H34O2. The Kier molecular flexibility index (Phi) is 5.89. The van der Waals surface area contributed by atoms with Gasteiger partial charge < -0.3 is 10.2 Å². The molecule has 2 nitrogen and oxygen atoms in total. The molecule has 2 heteroatoms. The van der Waals surface area contributed by atoms with E-state index in [1.807, 2.05) is 48.5 Å². The minimum absolute atomic E-state index is 0.214. The van der Waals surface area contributed by atoms with Crippen LogP contribution in [0.25, 0.3) is 0 Å². The summed E-state index contributed by atoms with van der Waals surface area (Å²) in [5.74, 6) is 0. The SMILES string of the molecule is CCCCC(C)(C(O)C(C)(C)C)C(O)C(C)(C)C. The van der Waals surface area contributed by atoms with Crippen molar-refractivity contribution in [1.82, 2.24) is 0 Å². The Morgan fingerprint density at radius 3 is 1.33 bits per heavy atom. The van der Waals surface area contributed by atoms with Gasteiger partial charge >= 0.3 is 0 Å². The van der Waals surface area contributed by atoms with Crippen molar-refractivity contribution in [3.8, 4) is 0 Å². The van der Waals surface area contributed by atoms with Crippen molar-refractivity contribution in [2.75, 3.05) is 0 Å². The van der Waals surface area contributed by atoms with E-state index in [1.54, 1.807) is 0 Å². The Bertz CT molecular complexity index is 225. The fraction of sp³-hybridized carbons (Fsp3) is 1.00. The predicted octanol–water partition coefficient (Wildman–Crippen LogP) is 4.00. The van der Waals surface area contributed by atoms with E-state index in [2.05, 4.69) is 6.92 Å². The van der Waals surface area contributed by atoms with Crippen LogP contribution in [0.3, 0.4) is 0 Å². The third-order valence-corrected chi connectivity index (χ3v) is 3.96. The summed E-state index contributed by atoms with van der Waals surface area (Å²) in [7, 11) is 0. The van der Waals surface area contributed by atoms with Gasteiger partial charge in [0.1, 0.15) is 0 Å². The van der Waals surface area contributed by atoms with Crippen LogP contribution in [0.1, 0.15) is 74.7 Å². The Balaban J connectivity index is 5.30. The lowest BCUT2D eigenvalue weighted by Gasteiger charge is -2.48. The van der Waals surface area contributed by atoms with Crippen molar-refractivity contribution < 1.29 is 10.2 Å². The summed E-state index contributed by atoms with van der Waals surface area (Å²) in [4.78, 5) is 0. The number of rotatable bonds is 5.